The van der Waals surface area contributed by atoms with Crippen LogP contribution in [0.4, 0.5) is 8.78 Å². The first-order chi connectivity index (χ1) is 8.66. The summed E-state index contributed by atoms with van der Waals surface area (Å²) in [7, 11) is 0. The van der Waals surface area contributed by atoms with Crippen molar-refractivity contribution in [2.45, 2.75) is 19.4 Å². The van der Waals surface area contributed by atoms with Crippen molar-refractivity contribution in [1.29, 1.82) is 0 Å². The highest BCUT2D eigenvalue weighted by Gasteiger charge is 2.19. The van der Waals surface area contributed by atoms with E-state index in [1.54, 1.807) is 0 Å². The minimum absolute atomic E-state index is 0. The Labute approximate surface area is 115 Å². The molecule has 0 aliphatic carbocycles. The van der Waals surface area contributed by atoms with Crippen LogP contribution in [-0.2, 0) is 0 Å². The molecule has 3 rings (SSSR count). The van der Waals surface area contributed by atoms with Gasteiger partial charge >= 0.3 is 0 Å². The van der Waals surface area contributed by atoms with Crippen LogP contribution >= 0.6 is 12.4 Å². The van der Waals surface area contributed by atoms with Crippen molar-refractivity contribution in [2.24, 2.45) is 0 Å². The van der Waals surface area contributed by atoms with Crippen LogP contribution in [0, 0.1) is 11.6 Å². The van der Waals surface area contributed by atoms with Gasteiger partial charge in [-0.05, 0) is 37.6 Å². The summed E-state index contributed by atoms with van der Waals surface area (Å²) < 4.78 is 32.5. The fraction of sp³-hybridized carbons (Fsp3) is 0.286. The number of fused-ring (bicyclic) bond motifs is 1. The second-order valence-corrected chi connectivity index (χ2v) is 4.57. The SMILES string of the molecule is CC1C=C(c2cc(F)c(F)c3ccoc23)CCN1.Cl. The zero-order valence-electron chi connectivity index (χ0n) is 10.4. The van der Waals surface area contributed by atoms with Crippen molar-refractivity contribution < 1.29 is 13.2 Å². The molecule has 0 spiro atoms. The van der Waals surface area contributed by atoms with Crippen molar-refractivity contribution in [2.75, 3.05) is 6.54 Å². The Balaban J connectivity index is 0.00000133. The summed E-state index contributed by atoms with van der Waals surface area (Å²) in [6.07, 6.45) is 4.20. The van der Waals surface area contributed by atoms with Crippen molar-refractivity contribution in [3.8, 4) is 0 Å². The van der Waals surface area contributed by atoms with Gasteiger partial charge in [0.25, 0.3) is 0 Å². The number of hydrogen-bond donors (Lipinski definition) is 1. The molecular formula is C14H14ClF2NO. The molecule has 0 fully saturated rings. The van der Waals surface area contributed by atoms with Gasteiger partial charge in [0.1, 0.15) is 5.58 Å². The normalized spacial score (nSPS) is 19.1. The Morgan fingerprint density at radius 1 is 1.37 bits per heavy atom. The van der Waals surface area contributed by atoms with Gasteiger partial charge in [0.05, 0.1) is 11.6 Å². The van der Waals surface area contributed by atoms with E-state index in [2.05, 4.69) is 5.32 Å². The predicted octanol–water partition coefficient (Wildman–Crippen LogP) is 3.90. The van der Waals surface area contributed by atoms with Gasteiger partial charge in [-0.3, -0.25) is 0 Å². The molecule has 0 radical (unpaired) electrons. The first-order valence-electron chi connectivity index (χ1n) is 5.96. The van der Waals surface area contributed by atoms with E-state index in [-0.39, 0.29) is 23.8 Å². The molecule has 19 heavy (non-hydrogen) atoms. The van der Waals surface area contributed by atoms with Gasteiger partial charge in [0.2, 0.25) is 0 Å². The molecule has 0 bridgehead atoms. The molecule has 1 aromatic carbocycles. The van der Waals surface area contributed by atoms with Gasteiger partial charge in [-0.15, -0.1) is 12.4 Å². The molecule has 2 heterocycles. The van der Waals surface area contributed by atoms with E-state index in [1.165, 1.54) is 18.4 Å². The second-order valence-electron chi connectivity index (χ2n) is 4.57. The average molecular weight is 286 g/mol. The first kappa shape index (κ1) is 14.0. The second kappa shape index (κ2) is 5.31. The molecule has 1 atom stereocenters. The Bertz CT molecular complexity index is 636. The van der Waals surface area contributed by atoms with Gasteiger partial charge in [-0.2, -0.15) is 0 Å². The average Bonchev–Trinajstić information content (AvgIpc) is 2.83. The van der Waals surface area contributed by atoms with E-state index in [4.69, 9.17) is 4.42 Å². The van der Waals surface area contributed by atoms with Crippen LogP contribution in [0.15, 0.2) is 28.9 Å². The quantitative estimate of drug-likeness (QED) is 0.860. The molecule has 1 aliphatic rings. The summed E-state index contributed by atoms with van der Waals surface area (Å²) in [5.41, 5.74) is 2.08. The Hall–Kier alpha value is -1.39. The largest absolute Gasteiger partial charge is 0.464 e. The van der Waals surface area contributed by atoms with Crippen molar-refractivity contribution in [1.82, 2.24) is 5.32 Å². The maximum Gasteiger partial charge on any atom is 0.169 e. The molecule has 1 aliphatic heterocycles. The maximum atomic E-state index is 13.6. The number of benzene rings is 1. The van der Waals surface area contributed by atoms with E-state index in [9.17, 15) is 8.78 Å². The maximum absolute atomic E-state index is 13.6. The minimum Gasteiger partial charge on any atom is -0.464 e. The highest BCUT2D eigenvalue weighted by Crippen LogP contribution is 2.32. The third-order valence-corrected chi connectivity index (χ3v) is 3.28. The summed E-state index contributed by atoms with van der Waals surface area (Å²) in [6.45, 7) is 2.85. The molecule has 0 amide bonds. The molecule has 2 nitrogen and oxygen atoms in total. The van der Waals surface area contributed by atoms with Gasteiger partial charge in [-0.1, -0.05) is 6.08 Å². The summed E-state index contributed by atoms with van der Waals surface area (Å²) in [6, 6.07) is 2.92. The lowest BCUT2D eigenvalue weighted by Crippen LogP contribution is -2.29. The number of nitrogens with one attached hydrogen (secondary N) is 1. The Morgan fingerprint density at radius 3 is 2.89 bits per heavy atom. The molecule has 0 saturated heterocycles. The van der Waals surface area contributed by atoms with Crippen LogP contribution in [0.2, 0.25) is 0 Å². The van der Waals surface area contributed by atoms with E-state index in [0.717, 1.165) is 18.5 Å². The topological polar surface area (TPSA) is 25.2 Å². The lowest BCUT2D eigenvalue weighted by molar-refractivity contribution is 0.514. The van der Waals surface area contributed by atoms with E-state index in [0.29, 0.717) is 11.1 Å². The van der Waals surface area contributed by atoms with Crippen molar-refractivity contribution in [3.63, 3.8) is 0 Å². The van der Waals surface area contributed by atoms with Crippen LogP contribution in [-0.4, -0.2) is 12.6 Å². The van der Waals surface area contributed by atoms with Crippen LogP contribution in [0.3, 0.4) is 0 Å². The number of rotatable bonds is 1. The van der Waals surface area contributed by atoms with E-state index >= 15 is 0 Å². The zero-order chi connectivity index (χ0) is 12.7. The lowest BCUT2D eigenvalue weighted by Gasteiger charge is -2.20. The van der Waals surface area contributed by atoms with Gasteiger partial charge in [0, 0.05) is 11.6 Å². The van der Waals surface area contributed by atoms with Crippen LogP contribution in [0.5, 0.6) is 0 Å². The molecule has 5 heteroatoms. The van der Waals surface area contributed by atoms with E-state index < -0.39 is 11.6 Å². The molecule has 0 saturated carbocycles. The molecule has 2 aromatic rings. The highest BCUT2D eigenvalue weighted by atomic mass is 35.5. The summed E-state index contributed by atoms with van der Waals surface area (Å²) in [5.74, 6) is -1.67. The summed E-state index contributed by atoms with van der Waals surface area (Å²) >= 11 is 0. The monoisotopic (exact) mass is 285 g/mol. The lowest BCUT2D eigenvalue weighted by atomic mass is 9.96. The van der Waals surface area contributed by atoms with Crippen molar-refractivity contribution in [3.05, 3.63) is 41.7 Å². The van der Waals surface area contributed by atoms with Crippen LogP contribution < -0.4 is 5.32 Å². The van der Waals surface area contributed by atoms with Crippen LogP contribution in [0.1, 0.15) is 18.9 Å². The summed E-state index contributed by atoms with van der Waals surface area (Å²) in [5, 5.41) is 3.48. The molecule has 1 aromatic heterocycles. The zero-order valence-corrected chi connectivity index (χ0v) is 11.2. The van der Waals surface area contributed by atoms with Gasteiger partial charge in [-0.25, -0.2) is 8.78 Å². The predicted molar refractivity (Wildman–Crippen MR) is 73.4 cm³/mol. The van der Waals surface area contributed by atoms with Crippen molar-refractivity contribution >= 4 is 28.9 Å². The number of furan rings is 1. The van der Waals surface area contributed by atoms with E-state index in [1.807, 2.05) is 13.0 Å². The Kier molecular flexibility index (Phi) is 3.92. The minimum atomic E-state index is -0.843. The Morgan fingerprint density at radius 2 is 2.16 bits per heavy atom. The fourth-order valence-corrected chi connectivity index (χ4v) is 2.42. The molecule has 1 N–H and O–H groups in total. The smallest absolute Gasteiger partial charge is 0.169 e. The highest BCUT2D eigenvalue weighted by molar-refractivity contribution is 5.90. The van der Waals surface area contributed by atoms with Gasteiger partial charge in [0.15, 0.2) is 11.6 Å². The third kappa shape index (κ3) is 2.38. The first-order valence-corrected chi connectivity index (χ1v) is 5.96. The third-order valence-electron chi connectivity index (χ3n) is 3.28. The fourth-order valence-electron chi connectivity index (χ4n) is 2.42. The summed E-state index contributed by atoms with van der Waals surface area (Å²) in [4.78, 5) is 0. The number of hydrogen-bond acceptors (Lipinski definition) is 2. The van der Waals surface area contributed by atoms with Crippen LogP contribution in [0.25, 0.3) is 16.5 Å². The molecular weight excluding hydrogens is 272 g/mol. The molecule has 102 valence electrons. The standard InChI is InChI=1S/C14H13F2NO.ClH/c1-8-6-9(2-4-17-8)11-7-12(15)13(16)10-3-5-18-14(10)11;/h3,5-8,17H,2,4H2,1H3;1H. The molecule has 1 unspecified atom stereocenters. The van der Waals surface area contributed by atoms with Gasteiger partial charge < -0.3 is 9.73 Å². The number of halogens is 3.